The molecule has 1 fully saturated rings. The Morgan fingerprint density at radius 3 is 2.04 bits per heavy atom. The monoisotopic (exact) mass is 352 g/mol. The van der Waals surface area contributed by atoms with Crippen molar-refractivity contribution in [2.45, 2.75) is 33.6 Å². The highest BCUT2D eigenvalue weighted by Crippen LogP contribution is 2.25. The molecule has 2 rings (SSSR count). The number of ether oxygens (including phenoxy) is 1. The number of carbonyl (C=O) groups excluding carboxylic acids is 2. The molecular formula is C18H25ClN2O3. The van der Waals surface area contributed by atoms with E-state index < -0.39 is 0 Å². The fourth-order valence-electron chi connectivity index (χ4n) is 2.80. The quantitative estimate of drug-likeness (QED) is 0.818. The molecule has 1 heterocycles. The molecule has 0 atom stereocenters. The second-order valence-electron chi connectivity index (χ2n) is 6.17. The first-order chi connectivity index (χ1) is 11.4. The van der Waals surface area contributed by atoms with Crippen LogP contribution in [0.2, 0.25) is 5.02 Å². The molecule has 1 aromatic carbocycles. The van der Waals surface area contributed by atoms with E-state index in [1.54, 1.807) is 4.90 Å². The fraction of sp³-hybridized carbons (Fsp3) is 0.556. The van der Waals surface area contributed by atoms with Crippen molar-refractivity contribution >= 4 is 23.4 Å². The van der Waals surface area contributed by atoms with Crippen LogP contribution in [0.3, 0.4) is 0 Å². The predicted molar refractivity (Wildman–Crippen MR) is 94.5 cm³/mol. The first kappa shape index (κ1) is 18.6. The number of piperazine rings is 1. The fourth-order valence-corrected chi connectivity index (χ4v) is 2.91. The first-order valence-corrected chi connectivity index (χ1v) is 8.75. The third-order valence-corrected chi connectivity index (χ3v) is 4.82. The number of rotatable bonds is 5. The maximum Gasteiger partial charge on any atom is 0.260 e. The van der Waals surface area contributed by atoms with Gasteiger partial charge in [0.2, 0.25) is 5.91 Å². The zero-order chi connectivity index (χ0) is 17.7. The third-order valence-electron chi connectivity index (χ3n) is 4.22. The van der Waals surface area contributed by atoms with E-state index in [4.69, 9.17) is 16.3 Å². The van der Waals surface area contributed by atoms with Crippen LogP contribution in [-0.4, -0.2) is 54.4 Å². The van der Waals surface area contributed by atoms with Crippen molar-refractivity contribution in [3.05, 3.63) is 28.3 Å². The van der Waals surface area contributed by atoms with Crippen molar-refractivity contribution < 1.29 is 14.3 Å². The van der Waals surface area contributed by atoms with Crippen LogP contribution in [0.5, 0.6) is 5.75 Å². The molecule has 6 heteroatoms. The number of nitrogens with zero attached hydrogens (tertiary/aromatic N) is 2. The van der Waals surface area contributed by atoms with Crippen LogP contribution in [0.4, 0.5) is 0 Å². The van der Waals surface area contributed by atoms with Crippen molar-refractivity contribution in [2.24, 2.45) is 0 Å². The molecule has 0 aromatic heterocycles. The maximum absolute atomic E-state index is 12.3. The van der Waals surface area contributed by atoms with Crippen molar-refractivity contribution in [1.29, 1.82) is 0 Å². The van der Waals surface area contributed by atoms with Gasteiger partial charge in [0.1, 0.15) is 5.75 Å². The largest absolute Gasteiger partial charge is 0.484 e. The molecule has 1 aromatic rings. The molecule has 2 amide bonds. The first-order valence-electron chi connectivity index (χ1n) is 8.37. The molecular weight excluding hydrogens is 328 g/mol. The highest BCUT2D eigenvalue weighted by Gasteiger charge is 2.23. The minimum atomic E-state index is -0.0529. The lowest BCUT2D eigenvalue weighted by atomic mass is 10.1. The van der Waals surface area contributed by atoms with Gasteiger partial charge < -0.3 is 14.5 Å². The van der Waals surface area contributed by atoms with Crippen LogP contribution in [0.1, 0.15) is 30.9 Å². The van der Waals surface area contributed by atoms with Gasteiger partial charge in [-0.25, -0.2) is 0 Å². The molecule has 1 aliphatic heterocycles. The smallest absolute Gasteiger partial charge is 0.260 e. The van der Waals surface area contributed by atoms with Crippen LogP contribution < -0.4 is 4.74 Å². The van der Waals surface area contributed by atoms with Gasteiger partial charge >= 0.3 is 0 Å². The molecule has 0 saturated carbocycles. The summed E-state index contributed by atoms with van der Waals surface area (Å²) in [6, 6.07) is 3.67. The SMILES string of the molecule is CCCC(=O)N1CCN(C(=O)COc2cc(C)c(Cl)c(C)c2)CC1. The summed E-state index contributed by atoms with van der Waals surface area (Å²) in [5.74, 6) is 0.773. The Balaban J connectivity index is 1.83. The lowest BCUT2D eigenvalue weighted by molar-refractivity contribution is -0.140. The summed E-state index contributed by atoms with van der Waals surface area (Å²) in [6.45, 7) is 8.16. The van der Waals surface area contributed by atoms with E-state index in [1.165, 1.54) is 0 Å². The summed E-state index contributed by atoms with van der Waals surface area (Å²) in [7, 11) is 0. The molecule has 0 bridgehead atoms. The Kier molecular flexibility index (Phi) is 6.49. The summed E-state index contributed by atoms with van der Waals surface area (Å²) in [4.78, 5) is 27.7. The van der Waals surface area contributed by atoms with Crippen LogP contribution in [0.15, 0.2) is 12.1 Å². The number of hydrogen-bond acceptors (Lipinski definition) is 3. The van der Waals surface area contributed by atoms with Gasteiger partial charge in [0.25, 0.3) is 5.91 Å². The van der Waals surface area contributed by atoms with Crippen LogP contribution in [-0.2, 0) is 9.59 Å². The summed E-state index contributed by atoms with van der Waals surface area (Å²) in [5, 5.41) is 0.724. The molecule has 1 saturated heterocycles. The van der Waals surface area contributed by atoms with Gasteiger partial charge in [-0.2, -0.15) is 0 Å². The topological polar surface area (TPSA) is 49.9 Å². The van der Waals surface area contributed by atoms with Gasteiger partial charge in [0.05, 0.1) is 0 Å². The van der Waals surface area contributed by atoms with E-state index in [-0.39, 0.29) is 18.4 Å². The summed E-state index contributed by atoms with van der Waals surface area (Å²) in [5.41, 5.74) is 1.87. The van der Waals surface area contributed by atoms with E-state index in [1.807, 2.05) is 37.8 Å². The van der Waals surface area contributed by atoms with Gasteiger partial charge in [-0.05, 0) is 43.5 Å². The summed E-state index contributed by atoms with van der Waals surface area (Å²) < 4.78 is 5.62. The average Bonchev–Trinajstić information content (AvgIpc) is 2.57. The third kappa shape index (κ3) is 4.63. The lowest BCUT2D eigenvalue weighted by Gasteiger charge is -2.34. The standard InChI is InChI=1S/C18H25ClN2O3/c1-4-5-16(22)20-6-8-21(9-7-20)17(23)12-24-15-10-13(2)18(19)14(3)11-15/h10-11H,4-9,12H2,1-3H3. The average molecular weight is 353 g/mol. The van der Waals surface area contributed by atoms with Gasteiger partial charge in [-0.1, -0.05) is 18.5 Å². The Morgan fingerprint density at radius 1 is 1.04 bits per heavy atom. The number of hydrogen-bond donors (Lipinski definition) is 0. The van der Waals surface area contributed by atoms with Crippen molar-refractivity contribution in [1.82, 2.24) is 9.80 Å². The van der Waals surface area contributed by atoms with Crippen molar-refractivity contribution in [3.63, 3.8) is 0 Å². The van der Waals surface area contributed by atoms with E-state index in [2.05, 4.69) is 0 Å². The Labute approximate surface area is 148 Å². The van der Waals surface area contributed by atoms with Gasteiger partial charge in [-0.3, -0.25) is 9.59 Å². The highest BCUT2D eigenvalue weighted by atomic mass is 35.5. The molecule has 0 aliphatic carbocycles. The van der Waals surface area contributed by atoms with E-state index in [0.29, 0.717) is 38.3 Å². The summed E-state index contributed by atoms with van der Waals surface area (Å²) in [6.07, 6.45) is 1.43. The molecule has 5 nitrogen and oxygen atoms in total. The van der Waals surface area contributed by atoms with E-state index in [9.17, 15) is 9.59 Å². The van der Waals surface area contributed by atoms with Crippen LogP contribution >= 0.6 is 11.6 Å². The molecule has 0 radical (unpaired) electrons. The molecule has 0 spiro atoms. The zero-order valence-electron chi connectivity index (χ0n) is 14.6. The highest BCUT2D eigenvalue weighted by molar-refractivity contribution is 6.32. The number of benzene rings is 1. The molecule has 1 aliphatic rings. The Morgan fingerprint density at radius 2 is 1.54 bits per heavy atom. The second kappa shape index (κ2) is 8.38. The van der Waals surface area contributed by atoms with Gasteiger partial charge in [0, 0.05) is 37.6 Å². The minimum absolute atomic E-state index is 0.00339. The van der Waals surface area contributed by atoms with Crippen molar-refractivity contribution in [3.8, 4) is 5.75 Å². The number of aryl methyl sites for hydroxylation is 2. The van der Waals surface area contributed by atoms with Crippen LogP contribution in [0, 0.1) is 13.8 Å². The second-order valence-corrected chi connectivity index (χ2v) is 6.55. The maximum atomic E-state index is 12.3. The Bertz CT molecular complexity index is 587. The zero-order valence-corrected chi connectivity index (χ0v) is 15.4. The number of halogens is 1. The molecule has 132 valence electrons. The normalized spacial score (nSPS) is 14.7. The minimum Gasteiger partial charge on any atom is -0.484 e. The predicted octanol–water partition coefficient (Wildman–Crippen LogP) is 2.81. The van der Waals surface area contributed by atoms with Crippen molar-refractivity contribution in [2.75, 3.05) is 32.8 Å². The van der Waals surface area contributed by atoms with E-state index in [0.717, 1.165) is 22.6 Å². The van der Waals surface area contributed by atoms with E-state index >= 15 is 0 Å². The van der Waals surface area contributed by atoms with Gasteiger partial charge in [0.15, 0.2) is 6.61 Å². The number of amides is 2. The Hall–Kier alpha value is -1.75. The van der Waals surface area contributed by atoms with Gasteiger partial charge in [-0.15, -0.1) is 0 Å². The molecule has 24 heavy (non-hydrogen) atoms. The molecule has 0 unspecified atom stereocenters. The molecule has 0 N–H and O–H groups in total. The number of carbonyl (C=O) groups is 2. The lowest BCUT2D eigenvalue weighted by Crippen LogP contribution is -2.51. The van der Waals surface area contributed by atoms with Crippen LogP contribution in [0.25, 0.3) is 0 Å². The summed E-state index contributed by atoms with van der Waals surface area (Å²) >= 11 is 6.13.